The van der Waals surface area contributed by atoms with Gasteiger partial charge in [0.1, 0.15) is 5.54 Å². The normalized spacial score (nSPS) is 19.4. The maximum absolute atomic E-state index is 12.6. The standard InChI is InChI=1S/C18H14F3N3O3/c1-17(15(26)23-16(27)24-17)12-3-2-4-13(9-12)22-14(25)10-5-7-11(8-6-10)18(19,20)21/h2-9H,1H3,(H,22,25)(H2,23,24,26,27)/t17-/m0/s1. The second kappa shape index (κ2) is 6.42. The predicted molar refractivity (Wildman–Crippen MR) is 89.9 cm³/mol. The van der Waals surface area contributed by atoms with Crippen molar-refractivity contribution in [1.82, 2.24) is 10.6 Å². The third-order valence-corrected chi connectivity index (χ3v) is 4.22. The highest BCUT2D eigenvalue weighted by molar-refractivity contribution is 6.07. The summed E-state index contributed by atoms with van der Waals surface area (Å²) in [5.74, 6) is -1.13. The molecule has 0 saturated carbocycles. The maximum atomic E-state index is 12.6. The van der Waals surface area contributed by atoms with E-state index in [-0.39, 0.29) is 5.56 Å². The lowest BCUT2D eigenvalue weighted by Gasteiger charge is -2.21. The Kier molecular flexibility index (Phi) is 4.38. The summed E-state index contributed by atoms with van der Waals surface area (Å²) in [6.07, 6.45) is -4.48. The first-order chi connectivity index (χ1) is 12.6. The third kappa shape index (κ3) is 3.62. The van der Waals surface area contributed by atoms with Crippen LogP contribution in [0.4, 0.5) is 23.7 Å². The number of alkyl halides is 3. The van der Waals surface area contributed by atoms with Crippen molar-refractivity contribution < 1.29 is 27.6 Å². The number of carbonyl (C=O) groups excluding carboxylic acids is 3. The van der Waals surface area contributed by atoms with Gasteiger partial charge >= 0.3 is 12.2 Å². The zero-order valence-corrected chi connectivity index (χ0v) is 14.0. The zero-order valence-electron chi connectivity index (χ0n) is 14.0. The molecule has 1 saturated heterocycles. The number of hydrogen-bond donors (Lipinski definition) is 3. The SMILES string of the molecule is C[C@@]1(c2cccc(NC(=O)c3ccc(C(F)(F)F)cc3)c2)NC(=O)NC1=O. The van der Waals surface area contributed by atoms with E-state index in [0.717, 1.165) is 24.3 Å². The second-order valence-electron chi connectivity index (χ2n) is 6.14. The topological polar surface area (TPSA) is 87.3 Å². The van der Waals surface area contributed by atoms with E-state index in [1.807, 2.05) is 0 Å². The number of halogens is 3. The molecule has 0 radical (unpaired) electrons. The van der Waals surface area contributed by atoms with Crippen molar-refractivity contribution in [2.45, 2.75) is 18.6 Å². The minimum Gasteiger partial charge on any atom is -0.322 e. The summed E-state index contributed by atoms with van der Waals surface area (Å²) < 4.78 is 37.8. The van der Waals surface area contributed by atoms with Gasteiger partial charge in [0.05, 0.1) is 5.56 Å². The first-order valence-corrected chi connectivity index (χ1v) is 7.82. The number of hydrogen-bond acceptors (Lipinski definition) is 3. The molecule has 0 unspecified atom stereocenters. The summed E-state index contributed by atoms with van der Waals surface area (Å²) in [4.78, 5) is 35.7. The van der Waals surface area contributed by atoms with Gasteiger partial charge in [-0.3, -0.25) is 14.9 Å². The first-order valence-electron chi connectivity index (χ1n) is 7.82. The molecule has 3 rings (SSSR count). The zero-order chi connectivity index (χ0) is 19.8. The van der Waals surface area contributed by atoms with Crippen molar-refractivity contribution in [3.63, 3.8) is 0 Å². The highest BCUT2D eigenvalue weighted by Crippen LogP contribution is 2.29. The Labute approximate surface area is 151 Å². The Balaban J connectivity index is 1.79. The summed E-state index contributed by atoms with van der Waals surface area (Å²) in [5.41, 5.74) is -1.32. The van der Waals surface area contributed by atoms with Gasteiger partial charge in [-0.25, -0.2) is 4.79 Å². The van der Waals surface area contributed by atoms with Crippen molar-refractivity contribution in [3.8, 4) is 0 Å². The van der Waals surface area contributed by atoms with E-state index < -0.39 is 35.1 Å². The van der Waals surface area contributed by atoms with E-state index in [0.29, 0.717) is 11.3 Å². The molecule has 9 heteroatoms. The average molecular weight is 377 g/mol. The summed E-state index contributed by atoms with van der Waals surface area (Å²) >= 11 is 0. The number of amides is 4. The Morgan fingerprint density at radius 3 is 2.30 bits per heavy atom. The minimum atomic E-state index is -4.48. The number of anilines is 1. The van der Waals surface area contributed by atoms with Crippen molar-refractivity contribution in [2.75, 3.05) is 5.32 Å². The molecule has 0 aliphatic carbocycles. The van der Waals surface area contributed by atoms with Crippen LogP contribution in [0.25, 0.3) is 0 Å². The molecule has 0 aromatic heterocycles. The highest BCUT2D eigenvalue weighted by Gasteiger charge is 2.43. The van der Waals surface area contributed by atoms with Crippen LogP contribution in [0, 0.1) is 0 Å². The number of benzene rings is 2. The highest BCUT2D eigenvalue weighted by atomic mass is 19.4. The fourth-order valence-electron chi connectivity index (χ4n) is 2.67. The molecule has 1 aliphatic heterocycles. The molecule has 27 heavy (non-hydrogen) atoms. The van der Waals surface area contributed by atoms with Crippen molar-refractivity contribution in [3.05, 3.63) is 65.2 Å². The number of imide groups is 1. The van der Waals surface area contributed by atoms with Crippen molar-refractivity contribution in [2.24, 2.45) is 0 Å². The average Bonchev–Trinajstić information content (AvgIpc) is 2.87. The smallest absolute Gasteiger partial charge is 0.322 e. The molecular weight excluding hydrogens is 363 g/mol. The van der Waals surface area contributed by atoms with Gasteiger partial charge < -0.3 is 10.6 Å². The van der Waals surface area contributed by atoms with Crippen LogP contribution in [0.3, 0.4) is 0 Å². The second-order valence-corrected chi connectivity index (χ2v) is 6.14. The van der Waals surface area contributed by atoms with Gasteiger partial charge in [-0.1, -0.05) is 12.1 Å². The Bertz CT molecular complexity index is 925. The first kappa shape index (κ1) is 18.4. The number of carbonyl (C=O) groups is 3. The van der Waals surface area contributed by atoms with Crippen LogP contribution >= 0.6 is 0 Å². The number of urea groups is 1. The molecule has 1 atom stereocenters. The van der Waals surface area contributed by atoms with E-state index in [9.17, 15) is 27.6 Å². The summed E-state index contributed by atoms with van der Waals surface area (Å²) in [6, 6.07) is 9.44. The van der Waals surface area contributed by atoms with E-state index in [1.165, 1.54) is 13.0 Å². The van der Waals surface area contributed by atoms with Crippen LogP contribution in [0.1, 0.15) is 28.4 Å². The Hall–Kier alpha value is -3.36. The molecule has 0 bridgehead atoms. The molecular formula is C18H14F3N3O3. The van der Waals surface area contributed by atoms with Gasteiger partial charge in [-0.05, 0) is 48.9 Å². The molecule has 6 nitrogen and oxygen atoms in total. The van der Waals surface area contributed by atoms with E-state index in [2.05, 4.69) is 16.0 Å². The van der Waals surface area contributed by atoms with Gasteiger partial charge in [-0.15, -0.1) is 0 Å². The van der Waals surface area contributed by atoms with Crippen LogP contribution in [-0.4, -0.2) is 17.8 Å². The van der Waals surface area contributed by atoms with Crippen molar-refractivity contribution in [1.29, 1.82) is 0 Å². The largest absolute Gasteiger partial charge is 0.416 e. The number of rotatable bonds is 3. The Morgan fingerprint density at radius 1 is 1.07 bits per heavy atom. The fourth-order valence-corrected chi connectivity index (χ4v) is 2.67. The summed E-state index contributed by atoms with van der Waals surface area (Å²) in [6.45, 7) is 1.52. The Morgan fingerprint density at radius 2 is 1.74 bits per heavy atom. The lowest BCUT2D eigenvalue weighted by atomic mass is 9.92. The van der Waals surface area contributed by atoms with Crippen LogP contribution < -0.4 is 16.0 Å². The number of nitrogens with one attached hydrogen (secondary N) is 3. The molecule has 4 amide bonds. The van der Waals surface area contributed by atoms with Gasteiger partial charge in [0.25, 0.3) is 11.8 Å². The fraction of sp³-hybridized carbons (Fsp3) is 0.167. The molecule has 3 N–H and O–H groups in total. The van der Waals surface area contributed by atoms with Crippen molar-refractivity contribution >= 4 is 23.5 Å². The van der Waals surface area contributed by atoms with Crippen LogP contribution in [-0.2, 0) is 16.5 Å². The lowest BCUT2D eigenvalue weighted by Crippen LogP contribution is -2.40. The van der Waals surface area contributed by atoms with E-state index in [4.69, 9.17) is 0 Å². The lowest BCUT2D eigenvalue weighted by molar-refractivity contribution is -0.137. The quantitative estimate of drug-likeness (QED) is 0.719. The van der Waals surface area contributed by atoms with Gasteiger partial charge in [0.15, 0.2) is 0 Å². The summed E-state index contributed by atoms with van der Waals surface area (Å²) in [5, 5.41) is 7.21. The molecule has 0 spiro atoms. The van der Waals surface area contributed by atoms with Crippen LogP contribution in [0.15, 0.2) is 48.5 Å². The van der Waals surface area contributed by atoms with Gasteiger partial charge in [-0.2, -0.15) is 13.2 Å². The minimum absolute atomic E-state index is 0.0477. The predicted octanol–water partition coefficient (Wildman–Crippen LogP) is 3.01. The molecule has 2 aromatic carbocycles. The van der Waals surface area contributed by atoms with Crippen LogP contribution in [0.2, 0.25) is 0 Å². The molecule has 1 aliphatic rings. The maximum Gasteiger partial charge on any atom is 0.416 e. The van der Waals surface area contributed by atoms with Gasteiger partial charge in [0, 0.05) is 11.3 Å². The van der Waals surface area contributed by atoms with E-state index >= 15 is 0 Å². The third-order valence-electron chi connectivity index (χ3n) is 4.22. The van der Waals surface area contributed by atoms with E-state index in [1.54, 1.807) is 18.2 Å². The molecule has 140 valence electrons. The molecule has 2 aromatic rings. The van der Waals surface area contributed by atoms with Gasteiger partial charge in [0.2, 0.25) is 0 Å². The molecule has 1 heterocycles. The van der Waals surface area contributed by atoms with Crippen LogP contribution in [0.5, 0.6) is 0 Å². The molecule has 1 fully saturated rings. The summed E-state index contributed by atoms with van der Waals surface area (Å²) in [7, 11) is 0. The monoisotopic (exact) mass is 377 g/mol.